The van der Waals surface area contributed by atoms with Gasteiger partial charge < -0.3 is 19.5 Å². The topological polar surface area (TPSA) is 66.8 Å². The van der Waals surface area contributed by atoms with Gasteiger partial charge in [0, 0.05) is 41.6 Å². The average Bonchev–Trinajstić information content (AvgIpc) is 3.08. The Morgan fingerprint density at radius 3 is 2.00 bits per heavy atom. The minimum absolute atomic E-state index is 0.0854. The van der Waals surface area contributed by atoms with Crippen LogP contribution in [0, 0.1) is 16.2 Å². The molecule has 1 rings (SSSR count). The largest absolute Gasteiger partial charge is 0.400 e. The fourth-order valence-corrected chi connectivity index (χ4v) is 6.47. The smallest absolute Gasteiger partial charge is 0.135 e. The van der Waals surface area contributed by atoms with Crippen molar-refractivity contribution in [2.45, 2.75) is 85.9 Å². The van der Waals surface area contributed by atoms with Crippen molar-refractivity contribution in [2.24, 2.45) is 16.2 Å². The molecule has 1 heterocycles. The Bertz CT molecular complexity index is 534. The fourth-order valence-electron chi connectivity index (χ4n) is 2.61. The molecule has 186 valence electrons. The van der Waals surface area contributed by atoms with E-state index < -0.39 is 0 Å². The van der Waals surface area contributed by atoms with E-state index in [0.717, 1.165) is 25.8 Å². The van der Waals surface area contributed by atoms with Crippen molar-refractivity contribution in [3.63, 3.8) is 0 Å². The number of hydrogen-bond donors (Lipinski definition) is 1. The molecule has 1 saturated heterocycles. The lowest BCUT2D eigenvalue weighted by Gasteiger charge is -2.41. The van der Waals surface area contributed by atoms with Crippen LogP contribution in [0.5, 0.6) is 0 Å². The van der Waals surface area contributed by atoms with Crippen molar-refractivity contribution in [1.82, 2.24) is 4.90 Å². The SMILES string of the molecule is CC(=O)C(C)(C)C(C)(C)CSSC(C)(C)C(C)(C)C=O.CO.COCC1CCCN1C. The first-order valence-electron chi connectivity index (χ1n) is 11.0. The first-order chi connectivity index (χ1) is 14.1. The van der Waals surface area contributed by atoms with Gasteiger partial charge in [-0.3, -0.25) is 4.79 Å². The summed E-state index contributed by atoms with van der Waals surface area (Å²) < 4.78 is 4.91. The molecule has 5 nitrogen and oxygen atoms in total. The van der Waals surface area contributed by atoms with Crippen LogP contribution in [0.3, 0.4) is 0 Å². The predicted molar refractivity (Wildman–Crippen MR) is 138 cm³/mol. The number of nitrogens with zero attached hydrogens (tertiary/aromatic N) is 1. The van der Waals surface area contributed by atoms with Gasteiger partial charge >= 0.3 is 0 Å². The second-order valence-electron chi connectivity index (χ2n) is 10.5. The lowest BCUT2D eigenvalue weighted by Crippen LogP contribution is -2.40. The van der Waals surface area contributed by atoms with Crippen LogP contribution in [0.15, 0.2) is 0 Å². The van der Waals surface area contributed by atoms with Crippen LogP contribution in [-0.4, -0.2) is 73.0 Å². The predicted octanol–water partition coefficient (Wildman–Crippen LogP) is 5.35. The van der Waals surface area contributed by atoms with Gasteiger partial charge in [0.15, 0.2) is 0 Å². The number of likely N-dealkylation sites (tertiary alicyclic amines) is 1. The Kier molecular flexibility index (Phi) is 15.2. The van der Waals surface area contributed by atoms with Gasteiger partial charge in [0.25, 0.3) is 0 Å². The molecule has 1 aliphatic rings. The van der Waals surface area contributed by atoms with Crippen LogP contribution in [0.4, 0.5) is 0 Å². The minimum atomic E-state index is -0.370. The third-order valence-electron chi connectivity index (χ3n) is 7.14. The summed E-state index contributed by atoms with van der Waals surface area (Å²) >= 11 is 0. The van der Waals surface area contributed by atoms with Crippen molar-refractivity contribution in [2.75, 3.05) is 40.2 Å². The number of rotatable bonds is 10. The molecule has 1 atom stereocenters. The Labute approximate surface area is 200 Å². The maximum absolute atomic E-state index is 11.8. The lowest BCUT2D eigenvalue weighted by atomic mass is 9.67. The first kappa shape index (κ1) is 33.1. The van der Waals surface area contributed by atoms with Crippen LogP contribution in [0.2, 0.25) is 0 Å². The maximum atomic E-state index is 11.8. The van der Waals surface area contributed by atoms with E-state index in [2.05, 4.69) is 39.6 Å². The molecule has 0 bridgehead atoms. The van der Waals surface area contributed by atoms with Crippen molar-refractivity contribution < 1.29 is 19.4 Å². The van der Waals surface area contributed by atoms with Gasteiger partial charge in [0.05, 0.1) is 6.61 Å². The molecule has 0 radical (unpaired) electrons. The normalized spacial score (nSPS) is 17.9. The molecule has 0 aromatic rings. The Morgan fingerprint density at radius 2 is 1.65 bits per heavy atom. The first-order valence-corrected chi connectivity index (χ1v) is 13.3. The van der Waals surface area contributed by atoms with E-state index in [1.807, 2.05) is 27.7 Å². The summed E-state index contributed by atoms with van der Waals surface area (Å²) in [5, 5.41) is 7.00. The second kappa shape index (κ2) is 14.2. The van der Waals surface area contributed by atoms with Crippen LogP contribution in [-0.2, 0) is 14.3 Å². The van der Waals surface area contributed by atoms with Gasteiger partial charge in [-0.1, -0.05) is 63.1 Å². The summed E-state index contributed by atoms with van der Waals surface area (Å²) in [6.45, 7) is 20.3. The zero-order valence-corrected chi connectivity index (χ0v) is 23.8. The van der Waals surface area contributed by atoms with Gasteiger partial charge in [-0.05, 0) is 52.6 Å². The summed E-state index contributed by atoms with van der Waals surface area (Å²) in [6, 6.07) is 0.690. The number of likely N-dealkylation sites (N-methyl/N-ethyl adjacent to an activating group) is 1. The number of aldehydes is 1. The van der Waals surface area contributed by atoms with Crippen LogP contribution in [0.25, 0.3) is 0 Å². The minimum Gasteiger partial charge on any atom is -0.400 e. The quantitative estimate of drug-likeness (QED) is 0.335. The molecule has 0 aliphatic carbocycles. The molecule has 7 heteroatoms. The Hall–Kier alpha value is -0.0800. The number of carbonyl (C=O) groups is 2. The molecule has 31 heavy (non-hydrogen) atoms. The lowest BCUT2D eigenvalue weighted by molar-refractivity contribution is -0.129. The van der Waals surface area contributed by atoms with E-state index in [1.165, 1.54) is 19.4 Å². The van der Waals surface area contributed by atoms with Gasteiger partial charge in [-0.2, -0.15) is 0 Å². The summed E-state index contributed by atoms with van der Waals surface area (Å²) in [5.74, 6) is 1.10. The van der Waals surface area contributed by atoms with E-state index in [9.17, 15) is 9.59 Å². The van der Waals surface area contributed by atoms with E-state index in [1.54, 1.807) is 35.6 Å². The molecule has 0 amide bonds. The molecular formula is C24H49NO4S2. The number of methoxy groups -OCH3 is 1. The second-order valence-corrected chi connectivity index (χ2v) is 13.4. The summed E-state index contributed by atoms with van der Waals surface area (Å²) in [7, 11) is 8.43. The number of ketones is 1. The molecule has 1 N–H and O–H groups in total. The molecule has 0 saturated carbocycles. The number of ether oxygens (including phenoxy) is 1. The standard InChI is InChI=1S/C16H30O2S2.C7H15NO.CH4O/c1-12(18)15(6,7)14(4,5)11-19-20-16(8,9)13(2,3)10-17;1-8-5-3-4-7(8)6-9-2;1-2/h10H,11H2,1-9H3;7H,3-6H2,1-2H3;2H,1H3. The molecule has 0 aromatic heterocycles. The summed E-state index contributed by atoms with van der Waals surface area (Å²) in [6.07, 6.45) is 3.68. The van der Waals surface area contributed by atoms with E-state index >= 15 is 0 Å². The zero-order chi connectivity index (χ0) is 25.1. The third-order valence-corrected chi connectivity index (χ3v) is 11.0. The third kappa shape index (κ3) is 10.2. The average molecular weight is 480 g/mol. The Balaban J connectivity index is 0. The number of hydrogen-bond acceptors (Lipinski definition) is 7. The van der Waals surface area contributed by atoms with Gasteiger partial charge in [0.1, 0.15) is 12.1 Å². The van der Waals surface area contributed by atoms with Crippen molar-refractivity contribution in [3.05, 3.63) is 0 Å². The van der Waals surface area contributed by atoms with Crippen LogP contribution < -0.4 is 0 Å². The monoisotopic (exact) mass is 479 g/mol. The number of carbonyl (C=O) groups excluding carboxylic acids is 2. The van der Waals surface area contributed by atoms with Gasteiger partial charge in [-0.25, -0.2) is 0 Å². The highest BCUT2D eigenvalue weighted by atomic mass is 33.1. The fraction of sp³-hybridized carbons (Fsp3) is 0.917. The highest BCUT2D eigenvalue weighted by Crippen LogP contribution is 2.50. The summed E-state index contributed by atoms with van der Waals surface area (Å²) in [4.78, 5) is 25.4. The number of aliphatic hydroxyl groups is 1. The van der Waals surface area contributed by atoms with Gasteiger partial charge in [-0.15, -0.1) is 0 Å². The van der Waals surface area contributed by atoms with Crippen molar-refractivity contribution in [1.29, 1.82) is 0 Å². The van der Waals surface area contributed by atoms with Crippen LogP contribution in [0.1, 0.15) is 75.2 Å². The van der Waals surface area contributed by atoms with Gasteiger partial charge in [0.2, 0.25) is 0 Å². The molecule has 1 unspecified atom stereocenters. The highest BCUT2D eigenvalue weighted by Gasteiger charge is 2.42. The molecule has 1 aliphatic heterocycles. The van der Waals surface area contributed by atoms with Crippen molar-refractivity contribution >= 4 is 33.7 Å². The number of Topliss-reactive ketones (excluding diaryl/α,β-unsaturated/α-hetero) is 1. The molecule has 1 fully saturated rings. The van der Waals surface area contributed by atoms with Crippen LogP contribution >= 0.6 is 21.6 Å². The number of aliphatic hydroxyl groups excluding tert-OH is 1. The van der Waals surface area contributed by atoms with E-state index in [-0.39, 0.29) is 26.8 Å². The van der Waals surface area contributed by atoms with E-state index in [4.69, 9.17) is 9.84 Å². The molecular weight excluding hydrogens is 430 g/mol. The molecule has 0 spiro atoms. The van der Waals surface area contributed by atoms with E-state index in [0.29, 0.717) is 6.04 Å². The highest BCUT2D eigenvalue weighted by molar-refractivity contribution is 8.77. The summed E-state index contributed by atoms with van der Waals surface area (Å²) in [5.41, 5.74) is -0.798. The maximum Gasteiger partial charge on any atom is 0.135 e. The Morgan fingerprint density at radius 1 is 1.13 bits per heavy atom. The van der Waals surface area contributed by atoms with Crippen molar-refractivity contribution in [3.8, 4) is 0 Å². The zero-order valence-electron chi connectivity index (χ0n) is 22.1. The molecule has 0 aromatic carbocycles.